The Morgan fingerprint density at radius 1 is 1.59 bits per heavy atom. The van der Waals surface area contributed by atoms with Crippen LogP contribution >= 0.6 is 11.6 Å². The molecule has 1 aromatic heterocycles. The molecule has 0 amide bonds. The van der Waals surface area contributed by atoms with Crippen molar-refractivity contribution >= 4 is 22.4 Å². The Morgan fingerprint density at radius 3 is 3.06 bits per heavy atom. The standard InChI is InChI=1S/C11H16ClN3OS/c1-8-6-14-11(15-10(8)12)17(16)7-9-4-2-3-5-13-9/h6,9,13H,2-5,7H2,1H3/t9-,17+/m0/s1. The van der Waals surface area contributed by atoms with Gasteiger partial charge < -0.3 is 5.32 Å². The van der Waals surface area contributed by atoms with Gasteiger partial charge in [0.05, 0.1) is 10.8 Å². The summed E-state index contributed by atoms with van der Waals surface area (Å²) in [6.07, 6.45) is 5.10. The average Bonchev–Trinajstić information content (AvgIpc) is 2.34. The molecular formula is C11H16ClN3OS. The number of nitrogens with one attached hydrogen (secondary N) is 1. The SMILES string of the molecule is Cc1cnc([S@](=O)C[C@@H]2CCCCN2)nc1Cl. The fraction of sp³-hybridized carbons (Fsp3) is 0.636. The monoisotopic (exact) mass is 273 g/mol. The van der Waals surface area contributed by atoms with Crippen LogP contribution in [0, 0.1) is 6.92 Å². The Bertz CT molecular complexity index is 421. The van der Waals surface area contributed by atoms with Gasteiger partial charge in [-0.1, -0.05) is 18.0 Å². The predicted molar refractivity (Wildman–Crippen MR) is 68.7 cm³/mol. The highest BCUT2D eigenvalue weighted by Crippen LogP contribution is 2.14. The van der Waals surface area contributed by atoms with E-state index >= 15 is 0 Å². The molecule has 94 valence electrons. The molecule has 2 rings (SSSR count). The first kappa shape index (κ1) is 12.9. The van der Waals surface area contributed by atoms with E-state index in [2.05, 4.69) is 15.3 Å². The van der Waals surface area contributed by atoms with Crippen molar-refractivity contribution in [1.82, 2.24) is 15.3 Å². The van der Waals surface area contributed by atoms with Crippen LogP contribution < -0.4 is 5.32 Å². The van der Waals surface area contributed by atoms with E-state index in [1.807, 2.05) is 6.92 Å². The zero-order valence-corrected chi connectivity index (χ0v) is 11.4. The summed E-state index contributed by atoms with van der Waals surface area (Å²) in [6.45, 7) is 2.84. The number of nitrogens with zero attached hydrogens (tertiary/aromatic N) is 2. The molecule has 0 saturated carbocycles. The Hall–Kier alpha value is -0.520. The molecule has 6 heteroatoms. The molecule has 0 spiro atoms. The summed E-state index contributed by atoms with van der Waals surface area (Å²) in [6, 6.07) is 0.313. The van der Waals surface area contributed by atoms with E-state index in [0.29, 0.717) is 22.1 Å². The molecule has 1 aliphatic heterocycles. The van der Waals surface area contributed by atoms with Crippen molar-refractivity contribution in [2.45, 2.75) is 37.4 Å². The maximum absolute atomic E-state index is 12.1. The van der Waals surface area contributed by atoms with Gasteiger partial charge in [0, 0.05) is 23.6 Å². The maximum Gasteiger partial charge on any atom is 0.219 e. The van der Waals surface area contributed by atoms with Crippen molar-refractivity contribution < 1.29 is 4.21 Å². The molecule has 1 saturated heterocycles. The summed E-state index contributed by atoms with van der Waals surface area (Å²) in [5, 5.41) is 4.09. The quantitative estimate of drug-likeness (QED) is 0.673. The minimum absolute atomic E-state index is 0.313. The van der Waals surface area contributed by atoms with Crippen LogP contribution in [-0.2, 0) is 10.8 Å². The number of aromatic nitrogens is 2. The summed E-state index contributed by atoms with van der Waals surface area (Å²) in [5.74, 6) is 0.569. The van der Waals surface area contributed by atoms with E-state index in [1.165, 1.54) is 12.8 Å². The number of hydrogen-bond donors (Lipinski definition) is 1. The topological polar surface area (TPSA) is 54.9 Å². The summed E-state index contributed by atoms with van der Waals surface area (Å²) in [4.78, 5) is 8.15. The van der Waals surface area contributed by atoms with Crippen molar-refractivity contribution in [1.29, 1.82) is 0 Å². The van der Waals surface area contributed by atoms with Crippen LogP contribution in [0.5, 0.6) is 0 Å². The predicted octanol–water partition coefficient (Wildman–Crippen LogP) is 1.69. The fourth-order valence-corrected chi connectivity index (χ4v) is 3.18. The summed E-state index contributed by atoms with van der Waals surface area (Å²) < 4.78 is 12.1. The Kier molecular flexibility index (Phi) is 4.48. The third-order valence-electron chi connectivity index (χ3n) is 2.86. The molecule has 1 aliphatic rings. The highest BCUT2D eigenvalue weighted by Gasteiger charge is 2.18. The molecule has 0 aromatic carbocycles. The minimum atomic E-state index is -1.17. The first-order chi connectivity index (χ1) is 8.16. The number of aryl methyl sites for hydroxylation is 1. The highest BCUT2D eigenvalue weighted by atomic mass is 35.5. The van der Waals surface area contributed by atoms with Gasteiger partial charge in [-0.2, -0.15) is 0 Å². The molecule has 0 unspecified atom stereocenters. The van der Waals surface area contributed by atoms with Crippen LogP contribution in [-0.4, -0.2) is 32.5 Å². The van der Waals surface area contributed by atoms with Gasteiger partial charge in [0.2, 0.25) is 5.16 Å². The molecule has 2 heterocycles. The van der Waals surface area contributed by atoms with E-state index in [9.17, 15) is 4.21 Å². The van der Waals surface area contributed by atoms with Crippen LogP contribution in [0.25, 0.3) is 0 Å². The van der Waals surface area contributed by atoms with Gasteiger partial charge in [0.1, 0.15) is 5.15 Å². The maximum atomic E-state index is 12.1. The summed E-state index contributed by atoms with van der Waals surface area (Å²) >= 11 is 5.90. The zero-order valence-electron chi connectivity index (χ0n) is 9.78. The largest absolute Gasteiger partial charge is 0.313 e. The van der Waals surface area contributed by atoms with E-state index in [1.54, 1.807) is 6.20 Å². The van der Waals surface area contributed by atoms with Gasteiger partial charge in [-0.05, 0) is 26.3 Å². The number of piperidine rings is 1. The lowest BCUT2D eigenvalue weighted by Gasteiger charge is -2.22. The smallest absolute Gasteiger partial charge is 0.219 e. The first-order valence-electron chi connectivity index (χ1n) is 5.77. The van der Waals surface area contributed by atoms with Gasteiger partial charge in [-0.3, -0.25) is 4.21 Å². The van der Waals surface area contributed by atoms with Gasteiger partial charge in [0.15, 0.2) is 0 Å². The minimum Gasteiger partial charge on any atom is -0.313 e. The Morgan fingerprint density at radius 2 is 2.41 bits per heavy atom. The fourth-order valence-electron chi connectivity index (χ4n) is 1.84. The molecule has 17 heavy (non-hydrogen) atoms. The Balaban J connectivity index is 2.01. The molecule has 4 nitrogen and oxygen atoms in total. The van der Waals surface area contributed by atoms with Crippen molar-refractivity contribution in [2.75, 3.05) is 12.3 Å². The number of hydrogen-bond acceptors (Lipinski definition) is 4. The second-order valence-corrected chi connectivity index (χ2v) is 6.03. The van der Waals surface area contributed by atoms with Gasteiger partial charge in [-0.15, -0.1) is 0 Å². The van der Waals surface area contributed by atoms with Crippen molar-refractivity contribution in [3.8, 4) is 0 Å². The lowest BCUT2D eigenvalue weighted by atomic mass is 10.1. The first-order valence-corrected chi connectivity index (χ1v) is 7.47. The van der Waals surface area contributed by atoms with Crippen LogP contribution in [0.1, 0.15) is 24.8 Å². The molecule has 0 aliphatic carbocycles. The summed E-state index contributed by atoms with van der Waals surface area (Å²) in [5.41, 5.74) is 0.809. The van der Waals surface area contributed by atoms with Crippen molar-refractivity contribution in [3.63, 3.8) is 0 Å². The van der Waals surface area contributed by atoms with E-state index in [-0.39, 0.29) is 0 Å². The van der Waals surface area contributed by atoms with E-state index < -0.39 is 10.8 Å². The average molecular weight is 274 g/mol. The molecule has 1 fully saturated rings. The van der Waals surface area contributed by atoms with Crippen LogP contribution in [0.4, 0.5) is 0 Å². The lowest BCUT2D eigenvalue weighted by molar-refractivity contribution is 0.427. The molecule has 0 radical (unpaired) electrons. The second kappa shape index (κ2) is 5.89. The lowest BCUT2D eigenvalue weighted by Crippen LogP contribution is -2.38. The third kappa shape index (κ3) is 3.47. The Labute approximate surface area is 109 Å². The summed E-state index contributed by atoms with van der Waals surface area (Å²) in [7, 11) is -1.17. The highest BCUT2D eigenvalue weighted by molar-refractivity contribution is 7.84. The zero-order chi connectivity index (χ0) is 12.3. The number of rotatable bonds is 3. The third-order valence-corrected chi connectivity index (χ3v) is 4.55. The molecule has 1 aromatic rings. The molecule has 0 bridgehead atoms. The van der Waals surface area contributed by atoms with Crippen molar-refractivity contribution in [2.24, 2.45) is 0 Å². The van der Waals surface area contributed by atoms with E-state index in [4.69, 9.17) is 11.6 Å². The van der Waals surface area contributed by atoms with Crippen LogP contribution in [0.2, 0.25) is 5.15 Å². The molecular weight excluding hydrogens is 258 g/mol. The molecule has 1 N–H and O–H groups in total. The van der Waals surface area contributed by atoms with Gasteiger partial charge in [0.25, 0.3) is 0 Å². The normalized spacial score (nSPS) is 22.4. The van der Waals surface area contributed by atoms with Crippen molar-refractivity contribution in [3.05, 3.63) is 16.9 Å². The van der Waals surface area contributed by atoms with Crippen LogP contribution in [0.3, 0.4) is 0 Å². The second-order valence-electron chi connectivity index (χ2n) is 4.29. The van der Waals surface area contributed by atoms with Gasteiger partial charge in [-0.25, -0.2) is 9.97 Å². The number of halogens is 1. The van der Waals surface area contributed by atoms with Crippen LogP contribution in [0.15, 0.2) is 11.4 Å². The van der Waals surface area contributed by atoms with Gasteiger partial charge >= 0.3 is 0 Å². The van der Waals surface area contributed by atoms with E-state index in [0.717, 1.165) is 18.5 Å². The molecule has 2 atom stereocenters.